The van der Waals surface area contributed by atoms with Crippen LogP contribution in [0.1, 0.15) is 38.5 Å². The van der Waals surface area contributed by atoms with Crippen LogP contribution in [0.15, 0.2) is 11.2 Å². The highest BCUT2D eigenvalue weighted by molar-refractivity contribution is 7.89. The van der Waals surface area contributed by atoms with E-state index in [1.54, 1.807) is 0 Å². The molecule has 9 heteroatoms. The van der Waals surface area contributed by atoms with Gasteiger partial charge in [0.1, 0.15) is 5.54 Å². The maximum atomic E-state index is 12.5. The second-order valence-corrected chi connectivity index (χ2v) is 7.33. The van der Waals surface area contributed by atoms with Gasteiger partial charge < -0.3 is 5.11 Å². The van der Waals surface area contributed by atoms with Crippen molar-refractivity contribution in [2.45, 2.75) is 49.1 Å². The van der Waals surface area contributed by atoms with Crippen LogP contribution < -0.4 is 4.72 Å². The number of hydrogen-bond donors (Lipinski definition) is 2. The largest absolute Gasteiger partial charge is 0.480 e. The summed E-state index contributed by atoms with van der Waals surface area (Å²) in [4.78, 5) is 11.7. The van der Waals surface area contributed by atoms with Gasteiger partial charge in [-0.05, 0) is 12.8 Å². The first-order valence-corrected chi connectivity index (χ1v) is 8.59. The Morgan fingerprint density at radius 2 is 1.95 bits per heavy atom. The van der Waals surface area contributed by atoms with E-state index in [4.69, 9.17) is 11.6 Å². The van der Waals surface area contributed by atoms with E-state index in [9.17, 15) is 18.3 Å². The Morgan fingerprint density at radius 1 is 1.38 bits per heavy atom. The second kappa shape index (κ2) is 5.94. The first kappa shape index (κ1) is 16.3. The molecule has 0 aliphatic heterocycles. The molecule has 0 atom stereocenters. The Morgan fingerprint density at radius 3 is 2.38 bits per heavy atom. The lowest BCUT2D eigenvalue weighted by atomic mass is 9.92. The molecule has 0 amide bonds. The molecule has 0 bridgehead atoms. The normalized spacial score (nSPS) is 19.1. The van der Waals surface area contributed by atoms with Gasteiger partial charge in [-0.3, -0.25) is 9.48 Å². The molecule has 118 valence electrons. The number of carboxylic acids is 1. The quantitative estimate of drug-likeness (QED) is 0.812. The maximum absolute atomic E-state index is 12.5. The summed E-state index contributed by atoms with van der Waals surface area (Å²) in [6.45, 7) is 0. The van der Waals surface area contributed by atoms with Crippen molar-refractivity contribution in [1.82, 2.24) is 14.5 Å². The Hall–Kier alpha value is -1.12. The molecule has 21 heavy (non-hydrogen) atoms. The molecule has 0 radical (unpaired) electrons. The summed E-state index contributed by atoms with van der Waals surface area (Å²) in [6.07, 6.45) is 4.93. The van der Waals surface area contributed by atoms with E-state index in [1.807, 2.05) is 0 Å². The molecule has 0 unspecified atom stereocenters. The van der Waals surface area contributed by atoms with Crippen molar-refractivity contribution in [3.05, 3.63) is 11.2 Å². The van der Waals surface area contributed by atoms with E-state index in [-0.39, 0.29) is 22.9 Å². The molecule has 1 aromatic rings. The van der Waals surface area contributed by atoms with Crippen molar-refractivity contribution in [1.29, 1.82) is 0 Å². The van der Waals surface area contributed by atoms with Crippen LogP contribution in [0.5, 0.6) is 0 Å². The van der Waals surface area contributed by atoms with E-state index in [0.29, 0.717) is 12.8 Å². The molecule has 1 aliphatic rings. The van der Waals surface area contributed by atoms with Crippen molar-refractivity contribution in [3.63, 3.8) is 0 Å². The number of aromatic nitrogens is 2. The minimum Gasteiger partial charge on any atom is -0.480 e. The molecular weight excluding hydrogens is 318 g/mol. The van der Waals surface area contributed by atoms with Crippen molar-refractivity contribution < 1.29 is 18.3 Å². The van der Waals surface area contributed by atoms with Gasteiger partial charge in [0.15, 0.2) is 5.03 Å². The summed E-state index contributed by atoms with van der Waals surface area (Å²) in [5, 5.41) is 13.1. The Balaban J connectivity index is 2.38. The third-order valence-electron chi connectivity index (χ3n) is 3.79. The molecule has 7 nitrogen and oxygen atoms in total. The van der Waals surface area contributed by atoms with Crippen LogP contribution >= 0.6 is 11.6 Å². The van der Waals surface area contributed by atoms with Gasteiger partial charge in [-0.15, -0.1) is 0 Å². The topological polar surface area (TPSA) is 101 Å². The van der Waals surface area contributed by atoms with Gasteiger partial charge >= 0.3 is 5.97 Å². The third-order valence-corrected chi connectivity index (χ3v) is 5.83. The monoisotopic (exact) mass is 335 g/mol. The molecule has 0 spiro atoms. The summed E-state index contributed by atoms with van der Waals surface area (Å²) in [5.41, 5.74) is -1.47. The average molecular weight is 336 g/mol. The molecule has 1 fully saturated rings. The van der Waals surface area contributed by atoms with Crippen LogP contribution in [0.25, 0.3) is 0 Å². The smallest absolute Gasteiger partial charge is 0.324 e. The Kier molecular flexibility index (Phi) is 4.60. The van der Waals surface area contributed by atoms with Crippen LogP contribution in [-0.2, 0) is 21.9 Å². The molecule has 1 saturated carbocycles. The summed E-state index contributed by atoms with van der Waals surface area (Å²) < 4.78 is 28.5. The number of carbonyl (C=O) groups is 1. The summed E-state index contributed by atoms with van der Waals surface area (Å²) in [7, 11) is -2.61. The number of hydrogen-bond acceptors (Lipinski definition) is 4. The average Bonchev–Trinajstić information content (AvgIpc) is 2.61. The van der Waals surface area contributed by atoms with E-state index in [0.717, 1.165) is 17.5 Å². The zero-order valence-corrected chi connectivity index (χ0v) is 13.2. The molecule has 1 aromatic heterocycles. The minimum absolute atomic E-state index is 0.0286. The molecule has 0 aromatic carbocycles. The zero-order chi connectivity index (χ0) is 15.7. The van der Waals surface area contributed by atoms with Gasteiger partial charge in [0.25, 0.3) is 10.0 Å². The SMILES string of the molecule is Cn1ncc(Cl)c1S(=O)(=O)NC1(C(=O)O)CCCCCC1. The predicted octanol–water partition coefficient (Wildman–Crippen LogP) is 1.53. The highest BCUT2D eigenvalue weighted by Gasteiger charge is 2.43. The number of nitrogens with one attached hydrogen (secondary N) is 1. The highest BCUT2D eigenvalue weighted by atomic mass is 35.5. The van der Waals surface area contributed by atoms with Crippen LogP contribution in [0.4, 0.5) is 0 Å². The Bertz CT molecular complexity index is 613. The standard InChI is InChI=1S/C12H18ClN3O4S/c1-16-10(9(13)8-14-16)21(19,20)15-12(11(17)18)6-4-2-3-5-7-12/h8,15H,2-7H2,1H3,(H,17,18). The summed E-state index contributed by atoms with van der Waals surface area (Å²) in [6, 6.07) is 0. The molecule has 1 aliphatic carbocycles. The Labute approximate surface area is 128 Å². The zero-order valence-electron chi connectivity index (χ0n) is 11.7. The van der Waals surface area contributed by atoms with Crippen LogP contribution in [0, 0.1) is 0 Å². The van der Waals surface area contributed by atoms with Crippen LogP contribution in [0.2, 0.25) is 5.02 Å². The fourth-order valence-electron chi connectivity index (χ4n) is 2.70. The van der Waals surface area contributed by atoms with E-state index in [1.165, 1.54) is 13.2 Å². The highest BCUT2D eigenvalue weighted by Crippen LogP contribution is 2.30. The lowest BCUT2D eigenvalue weighted by molar-refractivity contribution is -0.144. The van der Waals surface area contributed by atoms with Gasteiger partial charge in [-0.2, -0.15) is 9.82 Å². The van der Waals surface area contributed by atoms with E-state index >= 15 is 0 Å². The van der Waals surface area contributed by atoms with Gasteiger partial charge in [0.05, 0.1) is 11.2 Å². The fraction of sp³-hybridized carbons (Fsp3) is 0.667. The molecule has 2 rings (SSSR count). The number of aliphatic carboxylic acids is 1. The maximum Gasteiger partial charge on any atom is 0.324 e. The first-order chi connectivity index (χ1) is 9.78. The number of nitrogens with zero attached hydrogens (tertiary/aromatic N) is 2. The molecule has 1 heterocycles. The first-order valence-electron chi connectivity index (χ1n) is 6.73. The van der Waals surface area contributed by atoms with Gasteiger partial charge in [0, 0.05) is 7.05 Å². The van der Waals surface area contributed by atoms with Crippen LogP contribution in [0.3, 0.4) is 0 Å². The van der Waals surface area contributed by atoms with Crippen molar-refractivity contribution in [2.24, 2.45) is 7.05 Å². The second-order valence-electron chi connectivity index (χ2n) is 5.33. The van der Waals surface area contributed by atoms with Gasteiger partial charge in [0.2, 0.25) is 0 Å². The molecular formula is C12H18ClN3O4S. The summed E-state index contributed by atoms with van der Waals surface area (Å²) in [5.74, 6) is -1.15. The molecule has 0 saturated heterocycles. The number of carboxylic acid groups (broad SMARTS) is 1. The number of halogens is 1. The van der Waals surface area contributed by atoms with E-state index < -0.39 is 21.5 Å². The van der Waals surface area contributed by atoms with E-state index in [2.05, 4.69) is 9.82 Å². The van der Waals surface area contributed by atoms with Crippen molar-refractivity contribution in [3.8, 4) is 0 Å². The third kappa shape index (κ3) is 3.22. The number of rotatable bonds is 4. The van der Waals surface area contributed by atoms with Crippen molar-refractivity contribution in [2.75, 3.05) is 0 Å². The lowest BCUT2D eigenvalue weighted by Gasteiger charge is -2.28. The predicted molar refractivity (Wildman–Crippen MR) is 76.6 cm³/mol. The fourth-order valence-corrected chi connectivity index (χ4v) is 4.78. The summed E-state index contributed by atoms with van der Waals surface area (Å²) >= 11 is 5.85. The minimum atomic E-state index is -4.06. The number of sulfonamides is 1. The van der Waals surface area contributed by atoms with Crippen molar-refractivity contribution >= 4 is 27.6 Å². The lowest BCUT2D eigenvalue weighted by Crippen LogP contribution is -2.54. The van der Waals surface area contributed by atoms with Gasteiger partial charge in [-0.1, -0.05) is 37.3 Å². The molecule has 2 N–H and O–H groups in total. The van der Waals surface area contributed by atoms with Gasteiger partial charge in [-0.25, -0.2) is 8.42 Å². The number of aryl methyl sites for hydroxylation is 1. The van der Waals surface area contributed by atoms with Crippen LogP contribution in [-0.4, -0.2) is 34.8 Å².